The zero-order chi connectivity index (χ0) is 28.0. The molecule has 2 fully saturated rings. The number of aliphatic hydroxyl groups excluding tert-OH is 1. The molecule has 1 saturated heterocycles. The number of carbonyl (C=O) groups is 1. The van der Waals surface area contributed by atoms with Gasteiger partial charge in [0.15, 0.2) is 5.44 Å². The number of nitrogens with one attached hydrogen (secondary N) is 1. The van der Waals surface area contributed by atoms with Crippen molar-refractivity contribution >= 4 is 27.0 Å². The SMILES string of the molecule is O=C(NC(Cc1ccccc1)C(O)CC(OC1CCCC1)S(=O)(=O)c1ccc2nccnc2c1)OC1CCOC1. The maximum absolute atomic E-state index is 13.9. The molecule has 2 heterocycles. The van der Waals surface area contributed by atoms with Gasteiger partial charge in [-0.25, -0.2) is 13.2 Å². The predicted octanol–water partition coefficient (Wildman–Crippen LogP) is 3.57. The summed E-state index contributed by atoms with van der Waals surface area (Å²) >= 11 is 0. The summed E-state index contributed by atoms with van der Waals surface area (Å²) < 4.78 is 44.8. The molecule has 0 bridgehead atoms. The molecule has 0 spiro atoms. The van der Waals surface area contributed by atoms with E-state index in [1.54, 1.807) is 12.3 Å². The Labute approximate surface area is 234 Å². The fourth-order valence-electron chi connectivity index (χ4n) is 5.22. The molecule has 10 nitrogen and oxygen atoms in total. The molecule has 11 heteroatoms. The topological polar surface area (TPSA) is 137 Å². The monoisotopic (exact) mass is 569 g/mol. The van der Waals surface area contributed by atoms with Gasteiger partial charge in [0.1, 0.15) is 6.10 Å². The van der Waals surface area contributed by atoms with Gasteiger partial charge in [-0.1, -0.05) is 43.2 Å². The van der Waals surface area contributed by atoms with Crippen LogP contribution in [-0.4, -0.2) is 72.6 Å². The first kappa shape index (κ1) is 28.4. The second-order valence-electron chi connectivity index (χ2n) is 10.4. The zero-order valence-corrected chi connectivity index (χ0v) is 23.0. The van der Waals surface area contributed by atoms with Crippen molar-refractivity contribution in [2.24, 2.45) is 0 Å². The number of hydrogen-bond acceptors (Lipinski definition) is 9. The van der Waals surface area contributed by atoms with Gasteiger partial charge in [-0.05, 0) is 43.0 Å². The van der Waals surface area contributed by atoms with Crippen LogP contribution < -0.4 is 5.32 Å². The Bertz CT molecular complexity index is 1380. The Morgan fingerprint density at radius 3 is 2.50 bits per heavy atom. The molecule has 2 aromatic carbocycles. The lowest BCUT2D eigenvalue weighted by Gasteiger charge is -2.29. The summed E-state index contributed by atoms with van der Waals surface area (Å²) in [5, 5.41) is 14.2. The van der Waals surface area contributed by atoms with E-state index in [2.05, 4.69) is 15.3 Å². The molecule has 1 aliphatic carbocycles. The lowest BCUT2D eigenvalue weighted by molar-refractivity contribution is -0.000905. The van der Waals surface area contributed by atoms with Crippen LogP contribution in [0.4, 0.5) is 4.79 Å². The van der Waals surface area contributed by atoms with E-state index in [9.17, 15) is 18.3 Å². The first-order chi connectivity index (χ1) is 19.4. The molecule has 214 valence electrons. The van der Waals surface area contributed by atoms with Gasteiger partial charge in [0.2, 0.25) is 9.84 Å². The highest BCUT2D eigenvalue weighted by Crippen LogP contribution is 2.30. The number of benzene rings is 2. The third-order valence-corrected chi connectivity index (χ3v) is 9.33. The molecule has 5 rings (SSSR count). The summed E-state index contributed by atoms with van der Waals surface area (Å²) in [6.45, 7) is 0.845. The van der Waals surface area contributed by atoms with Gasteiger partial charge in [-0.3, -0.25) is 9.97 Å². The summed E-state index contributed by atoms with van der Waals surface area (Å²) in [4.78, 5) is 21.3. The largest absolute Gasteiger partial charge is 0.444 e. The fraction of sp³-hybridized carbons (Fsp3) is 0.483. The average molecular weight is 570 g/mol. The standard InChI is InChI=1S/C29H35N3O7S/c33-27(26(16-20-6-2-1-3-7-20)32-29(34)39-22-12-15-37-19-22)18-28(38-21-8-4-5-9-21)40(35,36)23-10-11-24-25(17-23)31-14-13-30-24/h1-3,6-7,10-11,13-14,17,21-22,26-28,33H,4-5,8-9,12,15-16,18-19H2,(H,32,34). The van der Waals surface area contributed by atoms with Crippen LogP contribution in [0.2, 0.25) is 0 Å². The molecule has 1 saturated carbocycles. The van der Waals surface area contributed by atoms with Crippen molar-refractivity contribution in [3.05, 3.63) is 66.5 Å². The van der Waals surface area contributed by atoms with Crippen molar-refractivity contribution in [2.75, 3.05) is 13.2 Å². The molecule has 40 heavy (non-hydrogen) atoms. The minimum absolute atomic E-state index is 0.0453. The summed E-state index contributed by atoms with van der Waals surface area (Å²) in [5.74, 6) is 0. The van der Waals surface area contributed by atoms with Gasteiger partial charge in [-0.2, -0.15) is 0 Å². The highest BCUT2D eigenvalue weighted by molar-refractivity contribution is 7.92. The van der Waals surface area contributed by atoms with Gasteiger partial charge in [0.25, 0.3) is 0 Å². The number of aromatic nitrogens is 2. The van der Waals surface area contributed by atoms with Gasteiger partial charge in [0.05, 0.1) is 47.4 Å². The first-order valence-electron chi connectivity index (χ1n) is 13.8. The van der Waals surface area contributed by atoms with Gasteiger partial charge in [0, 0.05) is 25.2 Å². The Morgan fingerprint density at radius 1 is 1.02 bits per heavy atom. The summed E-state index contributed by atoms with van der Waals surface area (Å²) in [7, 11) is -4.04. The summed E-state index contributed by atoms with van der Waals surface area (Å²) in [5.41, 5.74) is 0.582. The van der Waals surface area contributed by atoms with E-state index in [0.29, 0.717) is 30.7 Å². The Hall–Kier alpha value is -3.12. The minimum Gasteiger partial charge on any atom is -0.444 e. The molecule has 4 atom stereocenters. The van der Waals surface area contributed by atoms with E-state index < -0.39 is 33.5 Å². The Balaban J connectivity index is 1.38. The van der Waals surface area contributed by atoms with Crippen molar-refractivity contribution < 1.29 is 32.5 Å². The lowest BCUT2D eigenvalue weighted by atomic mass is 9.99. The van der Waals surface area contributed by atoms with E-state index in [-0.39, 0.29) is 29.9 Å². The fourth-order valence-corrected chi connectivity index (χ4v) is 6.81. The van der Waals surface area contributed by atoms with Gasteiger partial charge in [-0.15, -0.1) is 0 Å². The number of carbonyl (C=O) groups excluding carboxylic acids is 1. The third kappa shape index (κ3) is 7.14. The van der Waals surface area contributed by atoms with Crippen molar-refractivity contribution in [1.82, 2.24) is 15.3 Å². The van der Waals surface area contributed by atoms with E-state index in [4.69, 9.17) is 14.2 Å². The average Bonchev–Trinajstić information content (AvgIpc) is 3.67. The molecule has 1 aliphatic heterocycles. The van der Waals surface area contributed by atoms with Crippen LogP contribution in [0.15, 0.2) is 65.8 Å². The number of sulfone groups is 1. The van der Waals surface area contributed by atoms with Crippen molar-refractivity contribution in [3.63, 3.8) is 0 Å². The number of nitrogens with zero attached hydrogens (tertiary/aromatic N) is 2. The highest BCUT2D eigenvalue weighted by atomic mass is 32.2. The Morgan fingerprint density at radius 2 is 1.77 bits per heavy atom. The van der Waals surface area contributed by atoms with Crippen LogP contribution in [-0.2, 0) is 30.5 Å². The van der Waals surface area contributed by atoms with E-state index in [1.165, 1.54) is 18.3 Å². The predicted molar refractivity (Wildman–Crippen MR) is 147 cm³/mol. The molecule has 1 amide bonds. The number of aliphatic hydroxyl groups is 1. The van der Waals surface area contributed by atoms with Crippen molar-refractivity contribution in [3.8, 4) is 0 Å². The molecular formula is C29H35N3O7S. The van der Waals surface area contributed by atoms with Crippen LogP contribution in [0.25, 0.3) is 11.0 Å². The van der Waals surface area contributed by atoms with Crippen LogP contribution in [0.5, 0.6) is 0 Å². The molecule has 4 unspecified atom stereocenters. The molecule has 1 aromatic heterocycles. The van der Waals surface area contributed by atoms with Crippen LogP contribution in [0, 0.1) is 0 Å². The maximum atomic E-state index is 13.9. The quantitative estimate of drug-likeness (QED) is 0.355. The summed E-state index contributed by atoms with van der Waals surface area (Å²) in [6, 6.07) is 13.2. The third-order valence-electron chi connectivity index (χ3n) is 7.42. The van der Waals surface area contributed by atoms with E-state index >= 15 is 0 Å². The number of fused-ring (bicyclic) bond motifs is 1. The number of alkyl carbamates (subject to hydrolysis) is 1. The molecule has 2 N–H and O–H groups in total. The molecular weight excluding hydrogens is 534 g/mol. The van der Waals surface area contributed by atoms with Crippen LogP contribution in [0.1, 0.15) is 44.1 Å². The van der Waals surface area contributed by atoms with E-state index in [0.717, 1.165) is 31.2 Å². The number of hydrogen-bond donors (Lipinski definition) is 2. The summed E-state index contributed by atoms with van der Waals surface area (Å²) in [6.07, 6.45) is 4.63. The molecule has 0 radical (unpaired) electrons. The number of rotatable bonds is 11. The second kappa shape index (κ2) is 13.0. The van der Waals surface area contributed by atoms with E-state index in [1.807, 2.05) is 30.3 Å². The number of ether oxygens (including phenoxy) is 3. The number of amides is 1. The first-order valence-corrected chi connectivity index (χ1v) is 15.3. The molecule has 2 aliphatic rings. The minimum atomic E-state index is -4.04. The van der Waals surface area contributed by atoms with Crippen molar-refractivity contribution in [1.29, 1.82) is 0 Å². The van der Waals surface area contributed by atoms with Gasteiger partial charge < -0.3 is 24.6 Å². The second-order valence-corrected chi connectivity index (χ2v) is 12.4. The van der Waals surface area contributed by atoms with Crippen LogP contribution in [0.3, 0.4) is 0 Å². The highest BCUT2D eigenvalue weighted by Gasteiger charge is 2.37. The lowest BCUT2D eigenvalue weighted by Crippen LogP contribution is -2.48. The zero-order valence-electron chi connectivity index (χ0n) is 22.2. The smallest absolute Gasteiger partial charge is 0.407 e. The van der Waals surface area contributed by atoms with Crippen LogP contribution >= 0.6 is 0 Å². The normalized spacial score (nSPS) is 20.3. The van der Waals surface area contributed by atoms with Gasteiger partial charge >= 0.3 is 6.09 Å². The maximum Gasteiger partial charge on any atom is 0.407 e. The van der Waals surface area contributed by atoms with Crippen molar-refractivity contribution in [2.45, 2.75) is 79.6 Å². The Kier molecular flexibility index (Phi) is 9.25. The molecule has 3 aromatic rings.